The number of rotatable bonds is 5. The van der Waals surface area contributed by atoms with Crippen molar-refractivity contribution in [3.63, 3.8) is 0 Å². The number of anilines is 1. The van der Waals surface area contributed by atoms with Crippen LogP contribution in [0.1, 0.15) is 25.5 Å². The molecule has 0 atom stereocenters. The first-order valence-corrected chi connectivity index (χ1v) is 7.27. The van der Waals surface area contributed by atoms with Gasteiger partial charge in [0.2, 0.25) is 0 Å². The van der Waals surface area contributed by atoms with Gasteiger partial charge in [-0.3, -0.25) is 4.90 Å². The number of nitrogens with zero attached hydrogens (tertiary/aromatic N) is 3. The standard InChI is InChI=1S/C15H26N4/c1-4-16-15-7-5-6-13(17-15)12-19(3)14-8-10-18(2)11-9-14/h5-7,14H,4,8-12H2,1-3H3,(H,16,17). The van der Waals surface area contributed by atoms with Gasteiger partial charge in [0.15, 0.2) is 0 Å². The predicted octanol–water partition coefficient (Wildman–Crippen LogP) is 2.04. The molecule has 1 aromatic heterocycles. The molecule has 4 heteroatoms. The van der Waals surface area contributed by atoms with E-state index in [1.54, 1.807) is 0 Å². The van der Waals surface area contributed by atoms with Gasteiger partial charge in [0, 0.05) is 19.1 Å². The van der Waals surface area contributed by atoms with Gasteiger partial charge in [0.25, 0.3) is 0 Å². The minimum atomic E-state index is 0.695. The van der Waals surface area contributed by atoms with Crippen molar-refractivity contribution in [1.29, 1.82) is 0 Å². The molecule has 0 aromatic carbocycles. The lowest BCUT2D eigenvalue weighted by Crippen LogP contribution is -2.41. The quantitative estimate of drug-likeness (QED) is 0.880. The van der Waals surface area contributed by atoms with Gasteiger partial charge >= 0.3 is 0 Å². The highest BCUT2D eigenvalue weighted by Crippen LogP contribution is 2.16. The minimum Gasteiger partial charge on any atom is -0.370 e. The third kappa shape index (κ3) is 4.18. The van der Waals surface area contributed by atoms with Crippen molar-refractivity contribution in [1.82, 2.24) is 14.8 Å². The van der Waals surface area contributed by atoms with Crippen LogP contribution in [0.15, 0.2) is 18.2 Å². The van der Waals surface area contributed by atoms with Gasteiger partial charge in [-0.05, 0) is 59.1 Å². The van der Waals surface area contributed by atoms with Crippen LogP contribution in [-0.2, 0) is 6.54 Å². The molecule has 1 saturated heterocycles. The highest BCUT2D eigenvalue weighted by atomic mass is 15.2. The van der Waals surface area contributed by atoms with Crippen LogP contribution in [-0.4, -0.2) is 54.6 Å². The van der Waals surface area contributed by atoms with E-state index < -0.39 is 0 Å². The lowest BCUT2D eigenvalue weighted by molar-refractivity contribution is 0.138. The first-order chi connectivity index (χ1) is 9.19. The number of likely N-dealkylation sites (tertiary alicyclic amines) is 1. The number of hydrogen-bond donors (Lipinski definition) is 1. The summed E-state index contributed by atoms with van der Waals surface area (Å²) in [5.41, 5.74) is 1.15. The van der Waals surface area contributed by atoms with Gasteiger partial charge in [-0.1, -0.05) is 6.07 Å². The zero-order valence-electron chi connectivity index (χ0n) is 12.4. The highest BCUT2D eigenvalue weighted by molar-refractivity contribution is 5.34. The summed E-state index contributed by atoms with van der Waals surface area (Å²) in [6.07, 6.45) is 2.53. The summed E-state index contributed by atoms with van der Waals surface area (Å²) < 4.78 is 0. The summed E-state index contributed by atoms with van der Waals surface area (Å²) in [5, 5.41) is 3.27. The van der Waals surface area contributed by atoms with E-state index in [4.69, 9.17) is 0 Å². The Morgan fingerprint density at radius 3 is 2.79 bits per heavy atom. The van der Waals surface area contributed by atoms with Crippen molar-refractivity contribution in [2.24, 2.45) is 0 Å². The van der Waals surface area contributed by atoms with E-state index in [1.165, 1.54) is 25.9 Å². The Balaban J connectivity index is 1.90. The van der Waals surface area contributed by atoms with Crippen LogP contribution in [0.3, 0.4) is 0 Å². The number of piperidine rings is 1. The second-order valence-electron chi connectivity index (χ2n) is 5.49. The molecule has 1 aromatic rings. The SMILES string of the molecule is CCNc1cccc(CN(C)C2CCN(C)CC2)n1. The van der Waals surface area contributed by atoms with Gasteiger partial charge in [-0.25, -0.2) is 4.98 Å². The van der Waals surface area contributed by atoms with Crippen LogP contribution in [0.5, 0.6) is 0 Å². The lowest BCUT2D eigenvalue weighted by Gasteiger charge is -2.35. The molecule has 0 unspecified atom stereocenters. The van der Waals surface area contributed by atoms with E-state index in [0.717, 1.165) is 24.6 Å². The Hall–Kier alpha value is -1.13. The first kappa shape index (κ1) is 14.3. The van der Waals surface area contributed by atoms with Crippen molar-refractivity contribution in [3.05, 3.63) is 23.9 Å². The highest BCUT2D eigenvalue weighted by Gasteiger charge is 2.20. The largest absolute Gasteiger partial charge is 0.370 e. The van der Waals surface area contributed by atoms with Gasteiger partial charge in [0.05, 0.1) is 5.69 Å². The van der Waals surface area contributed by atoms with E-state index in [0.29, 0.717) is 6.04 Å². The van der Waals surface area contributed by atoms with Crippen LogP contribution in [0.4, 0.5) is 5.82 Å². The fourth-order valence-corrected chi connectivity index (χ4v) is 2.67. The first-order valence-electron chi connectivity index (χ1n) is 7.27. The van der Waals surface area contributed by atoms with Gasteiger partial charge < -0.3 is 10.2 Å². The van der Waals surface area contributed by atoms with Crippen molar-refractivity contribution >= 4 is 5.82 Å². The third-order valence-corrected chi connectivity index (χ3v) is 3.89. The molecule has 1 aliphatic rings. The summed E-state index contributed by atoms with van der Waals surface area (Å²) in [6.45, 7) is 6.37. The fraction of sp³-hybridized carbons (Fsp3) is 0.667. The van der Waals surface area contributed by atoms with Gasteiger partial charge in [-0.15, -0.1) is 0 Å². The average Bonchev–Trinajstić information content (AvgIpc) is 2.40. The molecule has 0 bridgehead atoms. The van der Waals surface area contributed by atoms with Gasteiger partial charge in [0.1, 0.15) is 5.82 Å². The summed E-state index contributed by atoms with van der Waals surface area (Å²) in [5.74, 6) is 0.983. The van der Waals surface area contributed by atoms with E-state index >= 15 is 0 Å². The van der Waals surface area contributed by atoms with Crippen LogP contribution in [0, 0.1) is 0 Å². The molecule has 4 nitrogen and oxygen atoms in total. The van der Waals surface area contributed by atoms with Gasteiger partial charge in [-0.2, -0.15) is 0 Å². The third-order valence-electron chi connectivity index (χ3n) is 3.89. The topological polar surface area (TPSA) is 31.4 Å². The molecule has 0 aliphatic carbocycles. The fourth-order valence-electron chi connectivity index (χ4n) is 2.67. The molecule has 2 rings (SSSR count). The predicted molar refractivity (Wildman–Crippen MR) is 80.4 cm³/mol. The summed E-state index contributed by atoms with van der Waals surface area (Å²) in [7, 11) is 4.43. The normalized spacial score (nSPS) is 17.9. The molecule has 106 valence electrons. The zero-order chi connectivity index (χ0) is 13.7. The smallest absolute Gasteiger partial charge is 0.126 e. The van der Waals surface area contributed by atoms with Crippen molar-refractivity contribution < 1.29 is 0 Å². The monoisotopic (exact) mass is 262 g/mol. The Kier molecular flexibility index (Phi) is 5.16. The molecule has 1 aliphatic heterocycles. The number of aromatic nitrogens is 1. The number of pyridine rings is 1. The Labute approximate surface area is 116 Å². The minimum absolute atomic E-state index is 0.695. The second-order valence-corrected chi connectivity index (χ2v) is 5.49. The Morgan fingerprint density at radius 1 is 1.37 bits per heavy atom. The van der Waals surface area contributed by atoms with Crippen LogP contribution < -0.4 is 5.32 Å². The molecule has 0 spiro atoms. The maximum Gasteiger partial charge on any atom is 0.126 e. The molecular formula is C15H26N4. The molecule has 1 fully saturated rings. The van der Waals surface area contributed by atoms with Crippen LogP contribution >= 0.6 is 0 Å². The van der Waals surface area contributed by atoms with Crippen molar-refractivity contribution in [2.45, 2.75) is 32.4 Å². The van der Waals surface area contributed by atoms with E-state index in [-0.39, 0.29) is 0 Å². The van der Waals surface area contributed by atoms with E-state index in [2.05, 4.69) is 53.3 Å². The van der Waals surface area contributed by atoms with E-state index in [9.17, 15) is 0 Å². The molecule has 0 radical (unpaired) electrons. The Morgan fingerprint density at radius 2 is 2.11 bits per heavy atom. The van der Waals surface area contributed by atoms with Crippen molar-refractivity contribution in [3.8, 4) is 0 Å². The number of hydrogen-bond acceptors (Lipinski definition) is 4. The zero-order valence-corrected chi connectivity index (χ0v) is 12.4. The van der Waals surface area contributed by atoms with Crippen LogP contribution in [0.25, 0.3) is 0 Å². The molecule has 2 heterocycles. The van der Waals surface area contributed by atoms with E-state index in [1.807, 2.05) is 6.07 Å². The summed E-state index contributed by atoms with van der Waals surface area (Å²) in [6, 6.07) is 6.93. The summed E-state index contributed by atoms with van der Waals surface area (Å²) >= 11 is 0. The molecule has 1 N–H and O–H groups in total. The number of nitrogens with one attached hydrogen (secondary N) is 1. The maximum atomic E-state index is 4.65. The second kappa shape index (κ2) is 6.87. The average molecular weight is 262 g/mol. The van der Waals surface area contributed by atoms with Crippen LogP contribution in [0.2, 0.25) is 0 Å². The maximum absolute atomic E-state index is 4.65. The molecule has 19 heavy (non-hydrogen) atoms. The molecule has 0 amide bonds. The van der Waals surface area contributed by atoms with Crippen molar-refractivity contribution in [2.75, 3.05) is 39.0 Å². The molecular weight excluding hydrogens is 236 g/mol. The lowest BCUT2D eigenvalue weighted by atomic mass is 10.0. The Bertz CT molecular complexity index is 385. The molecule has 0 saturated carbocycles. The summed E-state index contributed by atoms with van der Waals surface area (Å²) in [4.78, 5) is 9.51.